The topological polar surface area (TPSA) is 81.2 Å². The number of aliphatic hydroxyl groups excluding tert-OH is 1. The molecule has 2 rings (SSSR count). The molecule has 0 atom stereocenters. The van der Waals surface area contributed by atoms with Crippen molar-refractivity contribution in [1.82, 2.24) is 9.78 Å². The summed E-state index contributed by atoms with van der Waals surface area (Å²) in [5.74, 6) is 0. The Morgan fingerprint density at radius 2 is 2.11 bits per heavy atom. The molecule has 0 bridgehead atoms. The van der Waals surface area contributed by atoms with E-state index in [1.807, 2.05) is 0 Å². The molecule has 94 valence electrons. The molecule has 2 aromatic rings. The lowest BCUT2D eigenvalue weighted by molar-refractivity contribution is -0.385. The summed E-state index contributed by atoms with van der Waals surface area (Å²) in [5, 5.41) is 24.0. The molecular weight excluding hydrogens is 234 g/mol. The van der Waals surface area contributed by atoms with Crippen LogP contribution >= 0.6 is 0 Å². The summed E-state index contributed by atoms with van der Waals surface area (Å²) in [7, 11) is 0. The maximum atomic E-state index is 10.8. The number of aromatic nitrogens is 2. The largest absolute Gasteiger partial charge is 0.390 e. The van der Waals surface area contributed by atoms with Gasteiger partial charge in [-0.05, 0) is 31.5 Å². The first-order chi connectivity index (χ1) is 8.52. The lowest BCUT2D eigenvalue weighted by atomic mass is 10.1. The summed E-state index contributed by atoms with van der Waals surface area (Å²) < 4.78 is 1.61. The van der Waals surface area contributed by atoms with Crippen LogP contribution in [-0.2, 0) is 6.61 Å². The Kier molecular flexibility index (Phi) is 3.12. The first-order valence-corrected chi connectivity index (χ1v) is 5.44. The van der Waals surface area contributed by atoms with Gasteiger partial charge < -0.3 is 5.11 Å². The van der Waals surface area contributed by atoms with E-state index in [9.17, 15) is 10.1 Å². The van der Waals surface area contributed by atoms with Crippen LogP contribution in [0.5, 0.6) is 0 Å². The van der Waals surface area contributed by atoms with Gasteiger partial charge in [-0.3, -0.25) is 10.1 Å². The molecular formula is C12H13N3O3. The Bertz CT molecular complexity index is 605. The van der Waals surface area contributed by atoms with E-state index >= 15 is 0 Å². The quantitative estimate of drug-likeness (QED) is 0.663. The van der Waals surface area contributed by atoms with Crippen LogP contribution in [0.15, 0.2) is 24.4 Å². The van der Waals surface area contributed by atoms with Crippen molar-refractivity contribution in [3.8, 4) is 5.69 Å². The molecule has 0 aliphatic carbocycles. The zero-order valence-electron chi connectivity index (χ0n) is 10.1. The smallest absolute Gasteiger partial charge is 0.272 e. The SMILES string of the molecule is Cc1cc([N+](=O)[O-])c(C)cc1-n1ccc(CO)n1. The highest BCUT2D eigenvalue weighted by molar-refractivity contribution is 5.52. The fraction of sp³-hybridized carbons (Fsp3) is 0.250. The van der Waals surface area contributed by atoms with Gasteiger partial charge >= 0.3 is 0 Å². The fourth-order valence-electron chi connectivity index (χ4n) is 1.81. The zero-order chi connectivity index (χ0) is 13.3. The molecule has 0 saturated carbocycles. The van der Waals surface area contributed by atoms with Crippen molar-refractivity contribution >= 4 is 5.69 Å². The van der Waals surface area contributed by atoms with Crippen LogP contribution in [0.4, 0.5) is 5.69 Å². The Balaban J connectivity index is 2.52. The van der Waals surface area contributed by atoms with Crippen LogP contribution in [0.2, 0.25) is 0 Å². The predicted molar refractivity (Wildman–Crippen MR) is 65.6 cm³/mol. The van der Waals surface area contributed by atoms with E-state index in [1.165, 1.54) is 6.07 Å². The van der Waals surface area contributed by atoms with Crippen LogP contribution in [0.1, 0.15) is 16.8 Å². The van der Waals surface area contributed by atoms with Crippen molar-refractivity contribution < 1.29 is 10.0 Å². The highest BCUT2D eigenvalue weighted by atomic mass is 16.6. The molecule has 0 radical (unpaired) electrons. The molecule has 1 heterocycles. The van der Waals surface area contributed by atoms with Gasteiger partial charge in [-0.2, -0.15) is 5.10 Å². The van der Waals surface area contributed by atoms with Crippen molar-refractivity contribution in [2.24, 2.45) is 0 Å². The molecule has 0 saturated heterocycles. The van der Waals surface area contributed by atoms with Gasteiger partial charge in [-0.25, -0.2) is 4.68 Å². The highest BCUT2D eigenvalue weighted by Crippen LogP contribution is 2.24. The molecule has 1 N–H and O–H groups in total. The van der Waals surface area contributed by atoms with Gasteiger partial charge in [-0.15, -0.1) is 0 Å². The molecule has 0 spiro atoms. The second-order valence-electron chi connectivity index (χ2n) is 4.09. The number of aliphatic hydroxyl groups is 1. The second-order valence-corrected chi connectivity index (χ2v) is 4.09. The fourth-order valence-corrected chi connectivity index (χ4v) is 1.81. The number of nitro groups is 1. The Labute approximate surface area is 104 Å². The third kappa shape index (κ3) is 2.10. The number of aryl methyl sites for hydroxylation is 2. The number of hydrogen-bond acceptors (Lipinski definition) is 4. The third-order valence-electron chi connectivity index (χ3n) is 2.76. The summed E-state index contributed by atoms with van der Waals surface area (Å²) in [4.78, 5) is 10.4. The molecule has 0 amide bonds. The number of rotatable bonds is 3. The Morgan fingerprint density at radius 3 is 2.67 bits per heavy atom. The molecule has 0 fully saturated rings. The minimum absolute atomic E-state index is 0.103. The van der Waals surface area contributed by atoms with Crippen molar-refractivity contribution in [1.29, 1.82) is 0 Å². The van der Waals surface area contributed by atoms with Gasteiger partial charge in [0.25, 0.3) is 5.69 Å². The number of benzene rings is 1. The normalized spacial score (nSPS) is 10.6. The third-order valence-corrected chi connectivity index (χ3v) is 2.76. The summed E-state index contributed by atoms with van der Waals surface area (Å²) >= 11 is 0. The maximum Gasteiger partial charge on any atom is 0.272 e. The van der Waals surface area contributed by atoms with E-state index in [-0.39, 0.29) is 12.3 Å². The van der Waals surface area contributed by atoms with Crippen molar-refractivity contribution in [3.05, 3.63) is 51.3 Å². The average Bonchev–Trinajstić information content (AvgIpc) is 2.79. The molecule has 1 aromatic heterocycles. The predicted octanol–water partition coefficient (Wildman–Crippen LogP) is 1.89. The number of nitro benzene ring substituents is 1. The van der Waals surface area contributed by atoms with Crippen LogP contribution in [0.3, 0.4) is 0 Å². The molecule has 1 aromatic carbocycles. The first-order valence-electron chi connectivity index (χ1n) is 5.44. The lowest BCUT2D eigenvalue weighted by Crippen LogP contribution is -2.02. The van der Waals surface area contributed by atoms with Gasteiger partial charge in [0.15, 0.2) is 0 Å². The molecule has 0 aliphatic heterocycles. The second kappa shape index (κ2) is 4.58. The Hall–Kier alpha value is -2.21. The van der Waals surface area contributed by atoms with Gasteiger partial charge in [0.05, 0.1) is 22.9 Å². The van der Waals surface area contributed by atoms with Gasteiger partial charge in [0, 0.05) is 17.8 Å². The Morgan fingerprint density at radius 1 is 1.39 bits per heavy atom. The van der Waals surface area contributed by atoms with E-state index in [2.05, 4.69) is 5.10 Å². The maximum absolute atomic E-state index is 10.8. The monoisotopic (exact) mass is 247 g/mol. The van der Waals surface area contributed by atoms with Gasteiger partial charge in [-0.1, -0.05) is 0 Å². The lowest BCUT2D eigenvalue weighted by Gasteiger charge is -2.07. The van der Waals surface area contributed by atoms with E-state index < -0.39 is 4.92 Å². The van der Waals surface area contributed by atoms with Crippen LogP contribution in [0, 0.1) is 24.0 Å². The van der Waals surface area contributed by atoms with E-state index in [0.717, 1.165) is 11.3 Å². The van der Waals surface area contributed by atoms with Crippen LogP contribution in [-0.4, -0.2) is 19.8 Å². The van der Waals surface area contributed by atoms with E-state index in [4.69, 9.17) is 5.11 Å². The van der Waals surface area contributed by atoms with E-state index in [0.29, 0.717) is 11.3 Å². The number of nitrogens with zero attached hydrogens (tertiary/aromatic N) is 3. The standard InChI is InChI=1S/C12H13N3O3/c1-8-6-12(15(17)18)9(2)5-11(8)14-4-3-10(7-16)13-14/h3-6,16H,7H2,1-2H3. The van der Waals surface area contributed by atoms with Crippen LogP contribution < -0.4 is 0 Å². The minimum atomic E-state index is -0.394. The zero-order valence-corrected chi connectivity index (χ0v) is 10.1. The summed E-state index contributed by atoms with van der Waals surface area (Å²) in [6.45, 7) is 3.36. The molecule has 0 unspecified atom stereocenters. The average molecular weight is 247 g/mol. The first kappa shape index (κ1) is 12.3. The van der Waals surface area contributed by atoms with Crippen LogP contribution in [0.25, 0.3) is 5.69 Å². The molecule has 6 heteroatoms. The van der Waals surface area contributed by atoms with Crippen molar-refractivity contribution in [2.45, 2.75) is 20.5 Å². The summed E-state index contributed by atoms with van der Waals surface area (Å²) in [6.07, 6.45) is 1.72. The summed E-state index contributed by atoms with van der Waals surface area (Å²) in [6, 6.07) is 4.96. The highest BCUT2D eigenvalue weighted by Gasteiger charge is 2.14. The van der Waals surface area contributed by atoms with E-state index in [1.54, 1.807) is 36.9 Å². The van der Waals surface area contributed by atoms with Crippen molar-refractivity contribution in [3.63, 3.8) is 0 Å². The van der Waals surface area contributed by atoms with Crippen molar-refractivity contribution in [2.75, 3.05) is 0 Å². The minimum Gasteiger partial charge on any atom is -0.390 e. The molecule has 0 aliphatic rings. The molecule has 18 heavy (non-hydrogen) atoms. The summed E-state index contributed by atoms with van der Waals surface area (Å²) in [5.41, 5.74) is 2.79. The van der Waals surface area contributed by atoms with Gasteiger partial charge in [0.1, 0.15) is 0 Å². The van der Waals surface area contributed by atoms with Gasteiger partial charge in [0.2, 0.25) is 0 Å². The molecule has 6 nitrogen and oxygen atoms in total. The number of hydrogen-bond donors (Lipinski definition) is 1.